The smallest absolute Gasteiger partial charge is 0.211 e. The van der Waals surface area contributed by atoms with Crippen LogP contribution in [-0.2, 0) is 10.0 Å². The van der Waals surface area contributed by atoms with Gasteiger partial charge >= 0.3 is 0 Å². The molecule has 0 amide bonds. The molecule has 1 saturated heterocycles. The molecular weight excluding hydrogens is 306 g/mol. The van der Waals surface area contributed by atoms with E-state index in [2.05, 4.69) is 31.2 Å². The van der Waals surface area contributed by atoms with Crippen LogP contribution in [-0.4, -0.2) is 37.9 Å². The van der Waals surface area contributed by atoms with Gasteiger partial charge in [-0.05, 0) is 43.6 Å². The first kappa shape index (κ1) is 16.8. The number of hydrogen-bond donors (Lipinski definition) is 0. The van der Waals surface area contributed by atoms with Gasteiger partial charge in [0.15, 0.2) is 0 Å². The fraction of sp³-hybridized carbons (Fsp3) is 0.625. The molecule has 2 rings (SSSR count). The number of sulfonamides is 1. The second-order valence-corrected chi connectivity index (χ2v) is 8.42. The van der Waals surface area contributed by atoms with Crippen LogP contribution in [0.1, 0.15) is 36.3 Å². The minimum absolute atomic E-state index is 0.302. The lowest BCUT2D eigenvalue weighted by Crippen LogP contribution is -2.39. The van der Waals surface area contributed by atoms with E-state index in [0.717, 1.165) is 19.3 Å². The van der Waals surface area contributed by atoms with Crippen LogP contribution in [0.3, 0.4) is 0 Å². The third-order valence-electron chi connectivity index (χ3n) is 4.27. The third kappa shape index (κ3) is 4.70. The standard InChI is InChI=1S/C16H24ClNO2S/c1-13-5-3-7-15(9-13)16(11-17)10-14-6-4-8-18(12-14)21(2,19)20/h3,5,7,9,14,16H,4,6,8,10-12H2,1-2H3. The van der Waals surface area contributed by atoms with E-state index in [4.69, 9.17) is 11.6 Å². The van der Waals surface area contributed by atoms with Crippen LogP contribution in [0.25, 0.3) is 0 Å². The molecule has 3 nitrogen and oxygen atoms in total. The Balaban J connectivity index is 2.05. The molecule has 0 bridgehead atoms. The number of halogens is 1. The van der Waals surface area contributed by atoms with Gasteiger partial charge in [-0.3, -0.25) is 0 Å². The second-order valence-electron chi connectivity index (χ2n) is 6.13. The van der Waals surface area contributed by atoms with E-state index in [9.17, 15) is 8.42 Å². The van der Waals surface area contributed by atoms with Crippen LogP contribution in [0.15, 0.2) is 24.3 Å². The molecule has 0 aliphatic carbocycles. The molecule has 118 valence electrons. The predicted octanol–water partition coefficient (Wildman–Crippen LogP) is 3.38. The molecule has 5 heteroatoms. The SMILES string of the molecule is Cc1cccc(C(CCl)CC2CCCN(S(C)(=O)=O)C2)c1. The molecule has 2 unspecified atom stereocenters. The molecule has 1 aliphatic heterocycles. The van der Waals surface area contributed by atoms with Crippen molar-refractivity contribution in [2.45, 2.75) is 32.1 Å². The van der Waals surface area contributed by atoms with E-state index >= 15 is 0 Å². The summed E-state index contributed by atoms with van der Waals surface area (Å²) in [7, 11) is -3.07. The first-order chi connectivity index (χ1) is 9.90. The van der Waals surface area contributed by atoms with Gasteiger partial charge in [0, 0.05) is 19.0 Å². The van der Waals surface area contributed by atoms with Crippen molar-refractivity contribution >= 4 is 21.6 Å². The molecule has 0 N–H and O–H groups in total. The summed E-state index contributed by atoms with van der Waals surface area (Å²) in [5, 5.41) is 0. The molecule has 1 fully saturated rings. The Morgan fingerprint density at radius 2 is 2.19 bits per heavy atom. The zero-order valence-corrected chi connectivity index (χ0v) is 14.3. The number of hydrogen-bond acceptors (Lipinski definition) is 2. The minimum Gasteiger partial charge on any atom is -0.213 e. The molecule has 1 aliphatic rings. The topological polar surface area (TPSA) is 37.4 Å². The van der Waals surface area contributed by atoms with Gasteiger partial charge in [-0.15, -0.1) is 11.6 Å². The lowest BCUT2D eigenvalue weighted by Gasteiger charge is -2.32. The molecule has 0 saturated carbocycles. The van der Waals surface area contributed by atoms with Gasteiger partial charge < -0.3 is 0 Å². The van der Waals surface area contributed by atoms with Gasteiger partial charge in [-0.25, -0.2) is 12.7 Å². The maximum absolute atomic E-state index is 11.7. The van der Waals surface area contributed by atoms with E-state index in [1.54, 1.807) is 4.31 Å². The predicted molar refractivity (Wildman–Crippen MR) is 88.4 cm³/mol. The third-order valence-corrected chi connectivity index (χ3v) is 5.91. The van der Waals surface area contributed by atoms with Crippen LogP contribution in [0.5, 0.6) is 0 Å². The van der Waals surface area contributed by atoms with Crippen LogP contribution in [0.2, 0.25) is 0 Å². The normalized spacial score (nSPS) is 22.1. The quantitative estimate of drug-likeness (QED) is 0.777. The first-order valence-electron chi connectivity index (χ1n) is 7.48. The summed E-state index contributed by atoms with van der Waals surface area (Å²) in [6.45, 7) is 3.38. The Bertz CT molecular complexity index is 573. The number of alkyl halides is 1. The average molecular weight is 330 g/mol. The summed E-state index contributed by atoms with van der Waals surface area (Å²) in [6.07, 6.45) is 4.29. The Morgan fingerprint density at radius 1 is 1.43 bits per heavy atom. The molecular formula is C16H24ClNO2S. The van der Waals surface area contributed by atoms with Crippen molar-refractivity contribution in [3.05, 3.63) is 35.4 Å². The summed E-state index contributed by atoms with van der Waals surface area (Å²) < 4.78 is 25.0. The largest absolute Gasteiger partial charge is 0.213 e. The zero-order chi connectivity index (χ0) is 15.5. The maximum Gasteiger partial charge on any atom is 0.211 e. The Labute approximate surface area is 133 Å². The zero-order valence-electron chi connectivity index (χ0n) is 12.8. The number of nitrogens with zero attached hydrogens (tertiary/aromatic N) is 1. The van der Waals surface area contributed by atoms with Crippen LogP contribution >= 0.6 is 11.6 Å². The van der Waals surface area contributed by atoms with Crippen LogP contribution in [0, 0.1) is 12.8 Å². The highest BCUT2D eigenvalue weighted by Crippen LogP contribution is 2.31. The molecule has 0 spiro atoms. The number of aryl methyl sites for hydroxylation is 1. The van der Waals surface area contributed by atoms with E-state index in [0.29, 0.717) is 30.8 Å². The Morgan fingerprint density at radius 3 is 2.81 bits per heavy atom. The monoisotopic (exact) mass is 329 g/mol. The number of rotatable bonds is 5. The first-order valence-corrected chi connectivity index (χ1v) is 9.86. The van der Waals surface area contributed by atoms with Crippen molar-refractivity contribution in [3.8, 4) is 0 Å². The van der Waals surface area contributed by atoms with Gasteiger partial charge in [0.1, 0.15) is 0 Å². The van der Waals surface area contributed by atoms with Crippen molar-refractivity contribution in [3.63, 3.8) is 0 Å². The second kappa shape index (κ2) is 7.12. The highest BCUT2D eigenvalue weighted by atomic mass is 35.5. The fourth-order valence-corrected chi connectivity index (χ4v) is 4.38. The van der Waals surface area contributed by atoms with Crippen molar-refractivity contribution in [2.24, 2.45) is 5.92 Å². The highest BCUT2D eigenvalue weighted by molar-refractivity contribution is 7.88. The molecule has 1 aromatic rings. The molecule has 1 aromatic carbocycles. The summed E-state index contributed by atoms with van der Waals surface area (Å²) in [5.74, 6) is 1.28. The minimum atomic E-state index is -3.07. The van der Waals surface area contributed by atoms with Crippen molar-refractivity contribution in [1.82, 2.24) is 4.31 Å². The molecule has 0 radical (unpaired) electrons. The van der Waals surface area contributed by atoms with Gasteiger partial charge in [-0.1, -0.05) is 29.8 Å². The lowest BCUT2D eigenvalue weighted by atomic mass is 9.86. The van der Waals surface area contributed by atoms with Gasteiger partial charge in [-0.2, -0.15) is 0 Å². The summed E-state index contributed by atoms with van der Waals surface area (Å²) in [5.41, 5.74) is 2.51. The van der Waals surface area contributed by atoms with E-state index in [1.165, 1.54) is 17.4 Å². The lowest BCUT2D eigenvalue weighted by molar-refractivity contribution is 0.249. The van der Waals surface area contributed by atoms with Crippen molar-refractivity contribution in [1.29, 1.82) is 0 Å². The Kier molecular flexibility index (Phi) is 5.69. The maximum atomic E-state index is 11.7. The van der Waals surface area contributed by atoms with Gasteiger partial charge in [0.25, 0.3) is 0 Å². The van der Waals surface area contributed by atoms with Crippen molar-refractivity contribution < 1.29 is 8.42 Å². The van der Waals surface area contributed by atoms with E-state index < -0.39 is 10.0 Å². The Hall–Kier alpha value is -0.580. The van der Waals surface area contributed by atoms with Crippen molar-refractivity contribution in [2.75, 3.05) is 25.2 Å². The number of piperidine rings is 1. The molecule has 2 atom stereocenters. The van der Waals surface area contributed by atoms with Crippen LogP contribution < -0.4 is 0 Å². The van der Waals surface area contributed by atoms with Gasteiger partial charge in [0.2, 0.25) is 10.0 Å². The molecule has 21 heavy (non-hydrogen) atoms. The highest BCUT2D eigenvalue weighted by Gasteiger charge is 2.27. The fourth-order valence-electron chi connectivity index (χ4n) is 3.14. The number of benzene rings is 1. The van der Waals surface area contributed by atoms with E-state index in [-0.39, 0.29) is 0 Å². The van der Waals surface area contributed by atoms with Crippen LogP contribution in [0.4, 0.5) is 0 Å². The van der Waals surface area contributed by atoms with Gasteiger partial charge in [0.05, 0.1) is 6.26 Å². The average Bonchev–Trinajstić information content (AvgIpc) is 2.44. The summed E-state index contributed by atoms with van der Waals surface area (Å²) >= 11 is 6.17. The summed E-state index contributed by atoms with van der Waals surface area (Å²) in [4.78, 5) is 0. The summed E-state index contributed by atoms with van der Waals surface area (Å²) in [6, 6.07) is 8.45. The molecule has 1 heterocycles. The molecule has 0 aromatic heterocycles. The van der Waals surface area contributed by atoms with E-state index in [1.807, 2.05) is 0 Å².